The van der Waals surface area contributed by atoms with Crippen molar-refractivity contribution in [2.45, 2.75) is 19.4 Å². The van der Waals surface area contributed by atoms with Crippen LogP contribution in [0.2, 0.25) is 10.0 Å². The molecule has 34 heavy (non-hydrogen) atoms. The first-order valence-corrected chi connectivity index (χ1v) is 12.2. The summed E-state index contributed by atoms with van der Waals surface area (Å²) >= 11 is 13.0. The summed E-state index contributed by atoms with van der Waals surface area (Å²) in [6.45, 7) is 1.33. The van der Waals surface area contributed by atoms with E-state index in [1.165, 1.54) is 7.11 Å². The van der Waals surface area contributed by atoms with Crippen LogP contribution in [0.5, 0.6) is 11.5 Å². The normalized spacial score (nSPS) is 17.1. The summed E-state index contributed by atoms with van der Waals surface area (Å²) in [4.78, 5) is 40.5. The first kappa shape index (κ1) is 24.4. The fraction of sp³-hybridized carbons (Fsp3) is 0.292. The molecule has 0 aromatic heterocycles. The Balaban J connectivity index is 1.45. The van der Waals surface area contributed by atoms with Gasteiger partial charge in [0, 0.05) is 28.7 Å². The van der Waals surface area contributed by atoms with Gasteiger partial charge in [-0.05, 0) is 60.5 Å². The summed E-state index contributed by atoms with van der Waals surface area (Å²) in [5.74, 6) is 0.279. The standard InChI is InChI=1S/C24H22Cl2N2O5S/c1-32-20-10-15(4-7-19(20)33-14-16-5-6-17(25)12-18(16)26)11-21-23(30)28(24(31)34-21)13-22(29)27-8-2-3-9-27/h4-7,10-12H,2-3,8-9,13-14H2,1H3/b21-11-. The molecule has 0 unspecified atom stereocenters. The first-order valence-electron chi connectivity index (χ1n) is 10.6. The van der Waals surface area contributed by atoms with Crippen LogP contribution in [-0.2, 0) is 16.2 Å². The van der Waals surface area contributed by atoms with Gasteiger partial charge in [0.05, 0.1) is 12.0 Å². The van der Waals surface area contributed by atoms with Crippen molar-refractivity contribution < 1.29 is 23.9 Å². The monoisotopic (exact) mass is 520 g/mol. The average Bonchev–Trinajstić information content (AvgIpc) is 3.44. The molecule has 0 bridgehead atoms. The lowest BCUT2D eigenvalue weighted by atomic mass is 10.1. The fourth-order valence-corrected chi connectivity index (χ4v) is 4.98. The number of methoxy groups -OCH3 is 1. The van der Waals surface area contributed by atoms with Crippen LogP contribution < -0.4 is 9.47 Å². The predicted molar refractivity (Wildman–Crippen MR) is 132 cm³/mol. The molecule has 2 heterocycles. The van der Waals surface area contributed by atoms with E-state index in [9.17, 15) is 14.4 Å². The Bertz CT molecular complexity index is 1160. The third kappa shape index (κ3) is 5.51. The SMILES string of the molecule is COc1cc(/C=C2\SC(=O)N(CC(=O)N3CCCC3)C2=O)ccc1OCc1ccc(Cl)cc1Cl. The van der Waals surface area contributed by atoms with Gasteiger partial charge >= 0.3 is 0 Å². The number of ether oxygens (including phenoxy) is 2. The second-order valence-corrected chi connectivity index (χ2v) is 9.63. The van der Waals surface area contributed by atoms with E-state index in [0.717, 1.165) is 35.1 Å². The molecule has 0 spiro atoms. The Morgan fingerprint density at radius 2 is 1.85 bits per heavy atom. The average molecular weight is 521 g/mol. The van der Waals surface area contributed by atoms with E-state index in [1.807, 2.05) is 0 Å². The molecule has 0 saturated carbocycles. The van der Waals surface area contributed by atoms with Crippen LogP contribution in [0.15, 0.2) is 41.3 Å². The second-order valence-electron chi connectivity index (χ2n) is 7.79. The summed E-state index contributed by atoms with van der Waals surface area (Å²) in [5.41, 5.74) is 1.43. The maximum Gasteiger partial charge on any atom is 0.294 e. The Morgan fingerprint density at radius 1 is 1.09 bits per heavy atom. The minimum atomic E-state index is -0.473. The highest BCUT2D eigenvalue weighted by atomic mass is 35.5. The molecule has 4 rings (SSSR count). The molecule has 2 aliphatic rings. The molecule has 7 nitrogen and oxygen atoms in total. The highest BCUT2D eigenvalue weighted by molar-refractivity contribution is 8.18. The van der Waals surface area contributed by atoms with Gasteiger partial charge in [-0.15, -0.1) is 0 Å². The zero-order chi connectivity index (χ0) is 24.2. The molecule has 2 fully saturated rings. The topological polar surface area (TPSA) is 76.2 Å². The van der Waals surface area contributed by atoms with Gasteiger partial charge in [0.2, 0.25) is 5.91 Å². The van der Waals surface area contributed by atoms with E-state index in [-0.39, 0.29) is 24.0 Å². The Kier molecular flexibility index (Phi) is 7.70. The molecule has 0 aliphatic carbocycles. The number of hydrogen-bond acceptors (Lipinski definition) is 6. The molecule has 0 N–H and O–H groups in total. The zero-order valence-electron chi connectivity index (χ0n) is 18.4. The molecule has 178 valence electrons. The molecule has 10 heteroatoms. The van der Waals surface area contributed by atoms with E-state index in [0.29, 0.717) is 40.2 Å². The number of amides is 3. The first-order chi connectivity index (χ1) is 16.4. The lowest BCUT2D eigenvalue weighted by Crippen LogP contribution is -2.40. The van der Waals surface area contributed by atoms with Gasteiger partial charge in [0.1, 0.15) is 13.2 Å². The summed E-state index contributed by atoms with van der Waals surface area (Å²) in [6.07, 6.45) is 3.50. The van der Waals surface area contributed by atoms with Crippen LogP contribution in [0, 0.1) is 0 Å². The molecule has 0 radical (unpaired) electrons. The molecular weight excluding hydrogens is 499 g/mol. The fourth-order valence-electron chi connectivity index (χ4n) is 3.68. The zero-order valence-corrected chi connectivity index (χ0v) is 20.7. The van der Waals surface area contributed by atoms with Gasteiger partial charge in [-0.3, -0.25) is 19.3 Å². The molecule has 3 amide bonds. The maximum atomic E-state index is 12.8. The van der Waals surface area contributed by atoms with Gasteiger partial charge in [-0.2, -0.15) is 0 Å². The van der Waals surface area contributed by atoms with E-state index >= 15 is 0 Å². The Hall–Kier alpha value is -2.68. The van der Waals surface area contributed by atoms with Gasteiger partial charge < -0.3 is 14.4 Å². The predicted octanol–water partition coefficient (Wildman–Crippen LogP) is 5.24. The number of likely N-dealkylation sites (tertiary alicyclic amines) is 1. The van der Waals surface area contributed by atoms with E-state index in [4.69, 9.17) is 32.7 Å². The van der Waals surface area contributed by atoms with Gasteiger partial charge in [0.15, 0.2) is 11.5 Å². The third-order valence-electron chi connectivity index (χ3n) is 5.51. The number of carbonyl (C=O) groups is 3. The second kappa shape index (κ2) is 10.7. The number of carbonyl (C=O) groups excluding carboxylic acids is 3. The van der Waals surface area contributed by atoms with Crippen molar-refractivity contribution in [3.8, 4) is 11.5 Å². The largest absolute Gasteiger partial charge is 0.493 e. The highest BCUT2D eigenvalue weighted by Gasteiger charge is 2.37. The van der Waals surface area contributed by atoms with Crippen LogP contribution in [0.3, 0.4) is 0 Å². The van der Waals surface area contributed by atoms with Crippen molar-refractivity contribution in [2.75, 3.05) is 26.7 Å². The summed E-state index contributed by atoms with van der Waals surface area (Å²) in [5, 5.41) is 0.595. The number of hydrogen-bond donors (Lipinski definition) is 0. The van der Waals surface area contributed by atoms with Gasteiger partial charge in [-0.25, -0.2) is 0 Å². The number of imide groups is 1. The molecule has 2 aromatic carbocycles. The van der Waals surface area contributed by atoms with Crippen molar-refractivity contribution in [1.82, 2.24) is 9.80 Å². The lowest BCUT2D eigenvalue weighted by Gasteiger charge is -2.18. The van der Waals surface area contributed by atoms with Crippen LogP contribution >= 0.6 is 35.0 Å². The Morgan fingerprint density at radius 3 is 2.56 bits per heavy atom. The molecular formula is C24H22Cl2N2O5S. The molecule has 0 atom stereocenters. The number of benzene rings is 2. The van der Waals surface area contributed by atoms with Gasteiger partial charge in [-0.1, -0.05) is 35.3 Å². The van der Waals surface area contributed by atoms with Gasteiger partial charge in [0.25, 0.3) is 11.1 Å². The Labute approximate surface area is 211 Å². The molecule has 2 saturated heterocycles. The molecule has 2 aliphatic heterocycles. The number of nitrogens with zero attached hydrogens (tertiary/aromatic N) is 2. The third-order valence-corrected chi connectivity index (χ3v) is 7.00. The quantitative estimate of drug-likeness (QED) is 0.464. The minimum absolute atomic E-state index is 0.204. The minimum Gasteiger partial charge on any atom is -0.493 e. The van der Waals surface area contributed by atoms with Crippen LogP contribution in [-0.4, -0.2) is 53.6 Å². The summed E-state index contributed by atoms with van der Waals surface area (Å²) < 4.78 is 11.3. The van der Waals surface area contributed by atoms with E-state index in [1.54, 1.807) is 47.4 Å². The van der Waals surface area contributed by atoms with Crippen molar-refractivity contribution in [3.05, 3.63) is 62.5 Å². The van der Waals surface area contributed by atoms with Crippen LogP contribution in [0.1, 0.15) is 24.0 Å². The van der Waals surface area contributed by atoms with Crippen molar-refractivity contribution in [1.29, 1.82) is 0 Å². The number of halogens is 2. The van der Waals surface area contributed by atoms with Crippen LogP contribution in [0.25, 0.3) is 6.08 Å². The molecule has 2 aromatic rings. The summed E-state index contributed by atoms with van der Waals surface area (Å²) in [7, 11) is 1.51. The number of rotatable bonds is 7. The van der Waals surface area contributed by atoms with Crippen molar-refractivity contribution in [2.24, 2.45) is 0 Å². The lowest BCUT2D eigenvalue weighted by molar-refractivity contribution is -0.135. The summed E-state index contributed by atoms with van der Waals surface area (Å²) in [6, 6.07) is 10.4. The van der Waals surface area contributed by atoms with Crippen LogP contribution in [0.4, 0.5) is 4.79 Å². The van der Waals surface area contributed by atoms with E-state index in [2.05, 4.69) is 0 Å². The highest BCUT2D eigenvalue weighted by Crippen LogP contribution is 2.35. The smallest absolute Gasteiger partial charge is 0.294 e. The maximum absolute atomic E-state index is 12.8. The van der Waals surface area contributed by atoms with E-state index < -0.39 is 11.1 Å². The van der Waals surface area contributed by atoms with Crippen molar-refractivity contribution >= 4 is 58.1 Å². The van der Waals surface area contributed by atoms with Crippen molar-refractivity contribution in [3.63, 3.8) is 0 Å². The number of thioether (sulfide) groups is 1.